The van der Waals surface area contributed by atoms with Gasteiger partial charge in [0.05, 0.1) is 17.5 Å². The molecule has 26 heavy (non-hydrogen) atoms. The lowest BCUT2D eigenvalue weighted by atomic mass is 9.88. The van der Waals surface area contributed by atoms with Gasteiger partial charge in [-0.25, -0.2) is 13.1 Å². The van der Waals surface area contributed by atoms with Crippen LogP contribution in [0.25, 0.3) is 0 Å². The summed E-state index contributed by atoms with van der Waals surface area (Å²) in [6.07, 6.45) is 5.81. The second-order valence-corrected chi connectivity index (χ2v) is 8.42. The van der Waals surface area contributed by atoms with Crippen molar-refractivity contribution >= 4 is 10.0 Å². The molecule has 1 saturated heterocycles. The molecule has 0 saturated carbocycles. The Morgan fingerprint density at radius 2 is 2.00 bits per heavy atom. The van der Waals surface area contributed by atoms with Gasteiger partial charge in [0.25, 0.3) is 0 Å². The lowest BCUT2D eigenvalue weighted by Crippen LogP contribution is -2.36. The summed E-state index contributed by atoms with van der Waals surface area (Å²) >= 11 is 0. The molecule has 0 aliphatic carbocycles. The van der Waals surface area contributed by atoms with Crippen LogP contribution < -0.4 is 9.46 Å². The maximum absolute atomic E-state index is 13.1. The van der Waals surface area contributed by atoms with E-state index >= 15 is 0 Å². The van der Waals surface area contributed by atoms with Crippen LogP contribution >= 0.6 is 0 Å². The fraction of sp³-hybridized carbons (Fsp3) is 0.421. The molecule has 0 radical (unpaired) electrons. The third-order valence-corrected chi connectivity index (χ3v) is 6.47. The fourth-order valence-electron chi connectivity index (χ4n) is 3.61. The third-order valence-electron chi connectivity index (χ3n) is 5.03. The van der Waals surface area contributed by atoms with Crippen molar-refractivity contribution in [3.8, 4) is 5.75 Å². The first kappa shape index (κ1) is 17.5. The largest absolute Gasteiger partial charge is 0.493 e. The number of pyridine rings is 1. The number of nitrogens with zero attached hydrogens (tertiary/aromatic N) is 1. The third kappa shape index (κ3) is 3.60. The number of sulfonamides is 1. The van der Waals surface area contributed by atoms with Crippen LogP contribution in [0.1, 0.15) is 30.0 Å². The van der Waals surface area contributed by atoms with E-state index in [0.717, 1.165) is 36.1 Å². The van der Waals surface area contributed by atoms with Gasteiger partial charge in [0.1, 0.15) is 5.75 Å². The van der Waals surface area contributed by atoms with Crippen LogP contribution in [0.3, 0.4) is 0 Å². The second-order valence-electron chi connectivity index (χ2n) is 6.70. The van der Waals surface area contributed by atoms with E-state index in [1.807, 2.05) is 12.1 Å². The highest BCUT2D eigenvalue weighted by Gasteiger charge is 2.30. The van der Waals surface area contributed by atoms with Crippen LogP contribution in [0.4, 0.5) is 0 Å². The van der Waals surface area contributed by atoms with Gasteiger partial charge in [-0.2, -0.15) is 0 Å². The highest BCUT2D eigenvalue weighted by molar-refractivity contribution is 7.89. The van der Waals surface area contributed by atoms with Gasteiger partial charge in [0, 0.05) is 32.0 Å². The Hall–Kier alpha value is -1.96. The molecule has 1 atom stereocenters. The predicted octanol–water partition coefficient (Wildman–Crippen LogP) is 2.46. The van der Waals surface area contributed by atoms with Crippen LogP contribution in [-0.4, -0.2) is 33.2 Å². The molecule has 0 amide bonds. The summed E-state index contributed by atoms with van der Waals surface area (Å²) in [5.74, 6) is 0.956. The van der Waals surface area contributed by atoms with E-state index in [-0.39, 0.29) is 16.9 Å². The van der Waals surface area contributed by atoms with E-state index in [9.17, 15) is 8.42 Å². The molecule has 0 bridgehead atoms. The molecule has 2 aliphatic rings. The number of nitrogens with one attached hydrogen (secondary N) is 1. The van der Waals surface area contributed by atoms with Gasteiger partial charge < -0.3 is 9.47 Å². The lowest BCUT2D eigenvalue weighted by Gasteiger charge is -2.31. The molecule has 0 unspecified atom stereocenters. The highest BCUT2D eigenvalue weighted by Crippen LogP contribution is 2.32. The molecule has 4 rings (SSSR count). The average Bonchev–Trinajstić information content (AvgIpc) is 3.15. The quantitative estimate of drug-likeness (QED) is 0.870. The zero-order valence-electron chi connectivity index (χ0n) is 14.4. The Balaban J connectivity index is 1.63. The molecule has 1 N–H and O–H groups in total. The molecule has 6 nitrogen and oxygen atoms in total. The summed E-state index contributed by atoms with van der Waals surface area (Å²) in [5, 5.41) is 0. The molecule has 2 aliphatic heterocycles. The van der Waals surface area contributed by atoms with Crippen molar-refractivity contribution < 1.29 is 17.9 Å². The summed E-state index contributed by atoms with van der Waals surface area (Å²) in [4.78, 5) is 4.45. The highest BCUT2D eigenvalue weighted by atomic mass is 32.2. The lowest BCUT2D eigenvalue weighted by molar-refractivity contribution is 0.0564. The standard InChI is InChI=1S/C19H22N2O4S/c22-26(23,17-3-4-18-15(12-17)7-11-25-18)21-19(14-5-9-24-10-6-14)16-2-1-8-20-13-16/h1-4,8,12-14,19,21H,5-7,9-11H2/t19-/m1/s1. The molecule has 1 aromatic heterocycles. The minimum Gasteiger partial charge on any atom is -0.493 e. The minimum atomic E-state index is -3.65. The van der Waals surface area contributed by atoms with Crippen LogP contribution in [0.15, 0.2) is 47.6 Å². The number of benzene rings is 1. The molecule has 2 aromatic rings. The predicted molar refractivity (Wildman–Crippen MR) is 96.5 cm³/mol. The average molecular weight is 374 g/mol. The molecular weight excluding hydrogens is 352 g/mol. The number of rotatable bonds is 5. The molecule has 3 heterocycles. The molecule has 138 valence electrons. The van der Waals surface area contributed by atoms with Crippen molar-refractivity contribution in [2.75, 3.05) is 19.8 Å². The minimum absolute atomic E-state index is 0.181. The van der Waals surface area contributed by atoms with Crippen molar-refractivity contribution in [3.05, 3.63) is 53.9 Å². The first-order valence-corrected chi connectivity index (χ1v) is 10.4. The van der Waals surface area contributed by atoms with Crippen LogP contribution in [0, 0.1) is 5.92 Å². The monoisotopic (exact) mass is 374 g/mol. The van der Waals surface area contributed by atoms with E-state index < -0.39 is 10.0 Å². The van der Waals surface area contributed by atoms with Gasteiger partial charge in [0.2, 0.25) is 10.0 Å². The van der Waals surface area contributed by atoms with Gasteiger partial charge in [-0.05, 0) is 54.2 Å². The molecule has 7 heteroatoms. The molecular formula is C19H22N2O4S. The molecule has 1 aromatic carbocycles. The van der Waals surface area contributed by atoms with Gasteiger partial charge in [-0.15, -0.1) is 0 Å². The van der Waals surface area contributed by atoms with E-state index in [1.54, 1.807) is 30.6 Å². The van der Waals surface area contributed by atoms with E-state index in [2.05, 4.69) is 9.71 Å². The molecule has 0 spiro atoms. The Kier molecular flexibility index (Phi) is 4.93. The van der Waals surface area contributed by atoms with Gasteiger partial charge in [0.15, 0.2) is 0 Å². The van der Waals surface area contributed by atoms with E-state index in [1.165, 1.54) is 0 Å². The van der Waals surface area contributed by atoms with Crippen molar-refractivity contribution in [2.45, 2.75) is 30.2 Å². The second kappa shape index (κ2) is 7.34. The Morgan fingerprint density at radius 3 is 2.77 bits per heavy atom. The number of ether oxygens (including phenoxy) is 2. The fourth-order valence-corrected chi connectivity index (χ4v) is 4.95. The van der Waals surface area contributed by atoms with Crippen molar-refractivity contribution in [1.82, 2.24) is 9.71 Å². The van der Waals surface area contributed by atoms with Crippen molar-refractivity contribution in [2.24, 2.45) is 5.92 Å². The van der Waals surface area contributed by atoms with Crippen LogP contribution in [0.5, 0.6) is 5.75 Å². The summed E-state index contributed by atoms with van der Waals surface area (Å²) in [5.41, 5.74) is 1.82. The van der Waals surface area contributed by atoms with Crippen LogP contribution in [0.2, 0.25) is 0 Å². The summed E-state index contributed by atoms with van der Waals surface area (Å²) in [7, 11) is -3.65. The maximum Gasteiger partial charge on any atom is 0.241 e. The normalized spacial score (nSPS) is 18.9. The Morgan fingerprint density at radius 1 is 1.15 bits per heavy atom. The Bertz CT molecular complexity index is 864. The first-order chi connectivity index (χ1) is 12.6. The Labute approximate surface area is 153 Å². The van der Waals surface area contributed by atoms with E-state index in [4.69, 9.17) is 9.47 Å². The number of hydrogen-bond acceptors (Lipinski definition) is 5. The summed E-state index contributed by atoms with van der Waals surface area (Å²) < 4.78 is 40.0. The van der Waals surface area contributed by atoms with Gasteiger partial charge in [-0.1, -0.05) is 6.07 Å². The van der Waals surface area contributed by atoms with Gasteiger partial charge in [-0.3, -0.25) is 4.98 Å². The van der Waals surface area contributed by atoms with Crippen molar-refractivity contribution in [3.63, 3.8) is 0 Å². The van der Waals surface area contributed by atoms with Crippen molar-refractivity contribution in [1.29, 1.82) is 0 Å². The number of fused-ring (bicyclic) bond motifs is 1. The molecule has 1 fully saturated rings. The van der Waals surface area contributed by atoms with E-state index in [0.29, 0.717) is 19.8 Å². The zero-order chi connectivity index (χ0) is 18.0. The summed E-state index contributed by atoms with van der Waals surface area (Å²) in [6.45, 7) is 1.91. The zero-order valence-corrected chi connectivity index (χ0v) is 15.2. The van der Waals surface area contributed by atoms with Gasteiger partial charge >= 0.3 is 0 Å². The number of hydrogen-bond donors (Lipinski definition) is 1. The first-order valence-electron chi connectivity index (χ1n) is 8.89. The SMILES string of the molecule is O=S(=O)(N[C@@H](c1cccnc1)C1CCOCC1)c1ccc2c(c1)CCO2. The smallest absolute Gasteiger partial charge is 0.241 e. The maximum atomic E-state index is 13.1. The summed E-state index contributed by atoms with van der Waals surface area (Å²) in [6, 6.07) is 8.51. The van der Waals surface area contributed by atoms with Crippen LogP contribution in [-0.2, 0) is 21.2 Å². The number of aromatic nitrogens is 1. The topological polar surface area (TPSA) is 77.5 Å².